The molecule has 37 heavy (non-hydrogen) atoms. The summed E-state index contributed by atoms with van der Waals surface area (Å²) in [5, 5.41) is 0. The highest BCUT2D eigenvalue weighted by molar-refractivity contribution is 7.98. The van der Waals surface area contributed by atoms with Gasteiger partial charge < -0.3 is 14.5 Å². The second-order valence-corrected chi connectivity index (χ2v) is 12.2. The van der Waals surface area contributed by atoms with Crippen LogP contribution in [0.25, 0.3) is 33.9 Å². The van der Waals surface area contributed by atoms with E-state index in [1.807, 2.05) is 24.3 Å². The molecule has 1 aromatic heterocycles. The van der Waals surface area contributed by atoms with Gasteiger partial charge in [0.2, 0.25) is 0 Å². The van der Waals surface area contributed by atoms with E-state index in [2.05, 4.69) is 89.2 Å². The lowest BCUT2D eigenvalue weighted by molar-refractivity contribution is 0.414. The molecule has 1 heterocycles. The quantitative estimate of drug-likeness (QED) is 0.261. The maximum Gasteiger partial charge on any atom is 0.139 e. The van der Waals surface area contributed by atoms with E-state index in [4.69, 9.17) is 14.5 Å². The summed E-state index contributed by atoms with van der Waals surface area (Å²) in [6.45, 7) is 13.7. The normalized spacial score (nSPS) is 12.0. The second kappa shape index (κ2) is 10.3. The molecule has 0 radical (unpaired) electrons. The number of hydrogen-bond acceptors (Lipinski definition) is 4. The average Bonchev–Trinajstić information content (AvgIpc) is 3.32. The Hall–Kier alpha value is -3.18. The van der Waals surface area contributed by atoms with Crippen molar-refractivity contribution in [2.45, 2.75) is 57.3 Å². The van der Waals surface area contributed by atoms with Gasteiger partial charge in [0.15, 0.2) is 0 Å². The highest BCUT2D eigenvalue weighted by Gasteiger charge is 2.27. The summed E-state index contributed by atoms with van der Waals surface area (Å²) >= 11 is 1.79. The number of thioether (sulfide) groups is 1. The van der Waals surface area contributed by atoms with E-state index in [0.717, 1.165) is 45.4 Å². The van der Waals surface area contributed by atoms with Crippen LogP contribution in [0.15, 0.2) is 65.6 Å². The topological polar surface area (TPSA) is 47.1 Å². The van der Waals surface area contributed by atoms with Crippen LogP contribution in [0.4, 0.5) is 0 Å². The summed E-state index contributed by atoms with van der Waals surface area (Å²) in [6.07, 6.45) is 2.16. The monoisotopic (exact) mass is 514 g/mol. The average molecular weight is 515 g/mol. The van der Waals surface area contributed by atoms with Gasteiger partial charge in [-0.2, -0.15) is 0 Å². The van der Waals surface area contributed by atoms with Crippen LogP contribution < -0.4 is 9.47 Å². The largest absolute Gasteiger partial charge is 0.497 e. The molecule has 0 amide bonds. The third-order valence-corrected chi connectivity index (χ3v) is 7.52. The number of hydrogen-bond donors (Lipinski definition) is 1. The van der Waals surface area contributed by atoms with Crippen LogP contribution in [0.5, 0.6) is 11.5 Å². The van der Waals surface area contributed by atoms with Gasteiger partial charge in [0, 0.05) is 21.6 Å². The van der Waals surface area contributed by atoms with Gasteiger partial charge in [0.25, 0.3) is 0 Å². The Labute approximate surface area is 225 Å². The Balaban J connectivity index is 2.00. The first-order valence-electron chi connectivity index (χ1n) is 12.6. The number of imidazole rings is 1. The Morgan fingerprint density at radius 1 is 0.730 bits per heavy atom. The predicted molar refractivity (Wildman–Crippen MR) is 157 cm³/mol. The van der Waals surface area contributed by atoms with Gasteiger partial charge >= 0.3 is 0 Å². The molecule has 4 rings (SSSR count). The van der Waals surface area contributed by atoms with Crippen molar-refractivity contribution in [3.8, 4) is 45.4 Å². The van der Waals surface area contributed by atoms with Crippen LogP contribution in [0.1, 0.15) is 52.7 Å². The summed E-state index contributed by atoms with van der Waals surface area (Å²) in [6, 6.07) is 20.9. The molecular weight excluding hydrogens is 476 g/mol. The van der Waals surface area contributed by atoms with E-state index in [9.17, 15) is 0 Å². The van der Waals surface area contributed by atoms with Crippen LogP contribution in [0.3, 0.4) is 0 Å². The molecule has 4 nitrogen and oxygen atoms in total. The van der Waals surface area contributed by atoms with Crippen molar-refractivity contribution in [3.63, 3.8) is 0 Å². The number of rotatable bonds is 6. The summed E-state index contributed by atoms with van der Waals surface area (Å²) in [5.41, 5.74) is 7.77. The van der Waals surface area contributed by atoms with Gasteiger partial charge in [0.1, 0.15) is 17.3 Å². The molecule has 3 aromatic carbocycles. The van der Waals surface area contributed by atoms with Gasteiger partial charge in [0.05, 0.1) is 25.6 Å². The van der Waals surface area contributed by atoms with Crippen molar-refractivity contribution in [1.82, 2.24) is 9.97 Å². The van der Waals surface area contributed by atoms with Crippen LogP contribution in [-0.4, -0.2) is 30.4 Å². The molecule has 4 aromatic rings. The summed E-state index contributed by atoms with van der Waals surface area (Å²) in [5.74, 6) is 2.52. The molecule has 0 aliphatic carbocycles. The molecule has 0 aliphatic heterocycles. The van der Waals surface area contributed by atoms with Crippen molar-refractivity contribution in [1.29, 1.82) is 0 Å². The van der Waals surface area contributed by atoms with Crippen LogP contribution in [0, 0.1) is 0 Å². The minimum Gasteiger partial charge on any atom is -0.497 e. The van der Waals surface area contributed by atoms with Gasteiger partial charge in [-0.05, 0) is 82.8 Å². The standard InChI is InChI=1S/C32H38N2O2S/c1-31(2,3)22-18-25(29(37-9)26(19-22)32(4,5)6)30-33-27(20-10-14-23(35-7)15-11-20)28(34-30)21-12-16-24(36-8)17-13-21/h10-19H,1-9H3,(H,33,34). The Morgan fingerprint density at radius 2 is 1.27 bits per heavy atom. The van der Waals surface area contributed by atoms with Gasteiger partial charge in [-0.25, -0.2) is 4.98 Å². The molecule has 194 valence electrons. The molecule has 0 spiro atoms. The first kappa shape index (κ1) is 26.9. The Kier molecular flexibility index (Phi) is 7.48. The number of ether oxygens (including phenoxy) is 2. The fraction of sp³-hybridized carbons (Fsp3) is 0.344. The minimum atomic E-state index is -0.00142. The number of methoxy groups -OCH3 is 2. The predicted octanol–water partition coefficient (Wildman–Crippen LogP) is 8.74. The summed E-state index contributed by atoms with van der Waals surface area (Å²) < 4.78 is 10.8. The molecule has 0 atom stereocenters. The van der Waals surface area contributed by atoms with E-state index in [1.165, 1.54) is 16.0 Å². The summed E-state index contributed by atoms with van der Waals surface area (Å²) in [7, 11) is 3.37. The molecule has 1 N–H and O–H groups in total. The molecular formula is C32H38N2O2S. The third-order valence-electron chi connectivity index (χ3n) is 6.67. The SMILES string of the molecule is COc1ccc(-c2nc(-c3cc(C(C)(C)C)cc(C(C)(C)C)c3SC)[nH]c2-c2ccc(OC)cc2)cc1. The molecule has 0 bridgehead atoms. The number of H-pyrrole nitrogens is 1. The smallest absolute Gasteiger partial charge is 0.139 e. The van der Waals surface area contributed by atoms with E-state index in [-0.39, 0.29) is 10.8 Å². The minimum absolute atomic E-state index is 0.00142. The highest BCUT2D eigenvalue weighted by Crippen LogP contribution is 2.43. The Bertz CT molecular complexity index is 1310. The number of nitrogens with one attached hydrogen (secondary N) is 1. The van der Waals surface area contributed by atoms with Crippen molar-refractivity contribution < 1.29 is 9.47 Å². The lowest BCUT2D eigenvalue weighted by Crippen LogP contribution is -2.18. The number of benzene rings is 3. The van der Waals surface area contributed by atoms with Crippen molar-refractivity contribution in [3.05, 3.63) is 71.8 Å². The maximum absolute atomic E-state index is 5.40. The summed E-state index contributed by atoms with van der Waals surface area (Å²) in [4.78, 5) is 10.2. The lowest BCUT2D eigenvalue weighted by atomic mass is 9.79. The van der Waals surface area contributed by atoms with E-state index in [1.54, 1.807) is 26.0 Å². The lowest BCUT2D eigenvalue weighted by Gasteiger charge is -2.28. The molecule has 0 unspecified atom stereocenters. The fourth-order valence-corrected chi connectivity index (χ4v) is 5.40. The van der Waals surface area contributed by atoms with E-state index >= 15 is 0 Å². The molecule has 0 aliphatic rings. The highest BCUT2D eigenvalue weighted by atomic mass is 32.2. The zero-order valence-corrected chi connectivity index (χ0v) is 24.3. The fourth-order valence-electron chi connectivity index (χ4n) is 4.44. The van der Waals surface area contributed by atoms with Gasteiger partial charge in [-0.1, -0.05) is 47.6 Å². The van der Waals surface area contributed by atoms with E-state index in [0.29, 0.717) is 0 Å². The zero-order valence-electron chi connectivity index (χ0n) is 23.4. The maximum atomic E-state index is 5.40. The van der Waals surface area contributed by atoms with Crippen molar-refractivity contribution >= 4 is 11.8 Å². The molecule has 0 fully saturated rings. The second-order valence-electron chi connectivity index (χ2n) is 11.4. The molecule has 5 heteroatoms. The number of aromatic amines is 1. The van der Waals surface area contributed by atoms with Crippen molar-refractivity contribution in [2.24, 2.45) is 0 Å². The first-order chi connectivity index (χ1) is 17.5. The number of aromatic nitrogens is 2. The first-order valence-corrected chi connectivity index (χ1v) is 13.8. The number of nitrogens with zero attached hydrogens (tertiary/aromatic N) is 1. The third kappa shape index (κ3) is 5.57. The Morgan fingerprint density at radius 3 is 1.73 bits per heavy atom. The van der Waals surface area contributed by atoms with Crippen molar-refractivity contribution in [2.75, 3.05) is 20.5 Å². The van der Waals surface area contributed by atoms with Gasteiger partial charge in [-0.15, -0.1) is 11.8 Å². The van der Waals surface area contributed by atoms with E-state index < -0.39 is 0 Å². The zero-order chi connectivity index (χ0) is 27.0. The van der Waals surface area contributed by atoms with Crippen LogP contribution in [-0.2, 0) is 10.8 Å². The molecule has 0 saturated carbocycles. The van der Waals surface area contributed by atoms with Crippen LogP contribution >= 0.6 is 11.8 Å². The molecule has 0 saturated heterocycles. The van der Waals surface area contributed by atoms with Gasteiger partial charge in [-0.3, -0.25) is 0 Å². The van der Waals surface area contributed by atoms with Crippen LogP contribution in [0.2, 0.25) is 0 Å².